The van der Waals surface area contributed by atoms with Gasteiger partial charge in [0, 0.05) is 35.7 Å². The van der Waals surface area contributed by atoms with E-state index in [0.29, 0.717) is 23.3 Å². The van der Waals surface area contributed by atoms with E-state index in [2.05, 4.69) is 0 Å². The summed E-state index contributed by atoms with van der Waals surface area (Å²) in [6.45, 7) is -0.647. The SMILES string of the molecule is [2H]C(c1ccccc1OC/C=C/CCC(=O)O)N(C(=O)c1ccc(-c2ccco2)cc1)C1CC1. The van der Waals surface area contributed by atoms with Crippen molar-refractivity contribution in [2.45, 2.75) is 38.2 Å². The Morgan fingerprint density at radius 3 is 2.58 bits per heavy atom. The molecule has 1 saturated carbocycles. The quantitative estimate of drug-likeness (QED) is 0.391. The van der Waals surface area contributed by atoms with Gasteiger partial charge >= 0.3 is 5.97 Å². The Bertz CT molecular complexity index is 1140. The number of amides is 1. The second-order valence-electron chi connectivity index (χ2n) is 7.88. The van der Waals surface area contributed by atoms with Gasteiger partial charge in [-0.05, 0) is 49.6 Å². The van der Waals surface area contributed by atoms with Crippen LogP contribution in [0.1, 0.15) is 43.0 Å². The molecular formula is C27H27NO5. The molecule has 1 atom stereocenters. The largest absolute Gasteiger partial charge is 0.489 e. The summed E-state index contributed by atoms with van der Waals surface area (Å²) in [5.74, 6) is 0.252. The van der Waals surface area contributed by atoms with Crippen LogP contribution >= 0.6 is 0 Å². The fourth-order valence-electron chi connectivity index (χ4n) is 3.45. The maximum Gasteiger partial charge on any atom is 0.303 e. The number of furan rings is 1. The molecule has 33 heavy (non-hydrogen) atoms. The number of para-hydroxylation sites is 1. The van der Waals surface area contributed by atoms with Crippen LogP contribution in [0.4, 0.5) is 0 Å². The first kappa shape index (κ1) is 21.1. The van der Waals surface area contributed by atoms with Gasteiger partial charge in [0.05, 0.1) is 7.63 Å². The number of carbonyl (C=O) groups is 2. The lowest BCUT2D eigenvalue weighted by Gasteiger charge is -2.24. The van der Waals surface area contributed by atoms with Crippen molar-refractivity contribution in [1.29, 1.82) is 0 Å². The summed E-state index contributed by atoms with van der Waals surface area (Å²) < 4.78 is 20.2. The van der Waals surface area contributed by atoms with Gasteiger partial charge in [0.2, 0.25) is 0 Å². The molecule has 4 rings (SSSR count). The molecule has 0 bridgehead atoms. The Labute approximate surface area is 194 Å². The number of hydrogen-bond acceptors (Lipinski definition) is 4. The number of rotatable bonds is 11. The Balaban J connectivity index is 1.47. The molecule has 1 fully saturated rings. The number of carboxylic acid groups (broad SMARTS) is 1. The monoisotopic (exact) mass is 446 g/mol. The lowest BCUT2D eigenvalue weighted by atomic mass is 10.1. The highest BCUT2D eigenvalue weighted by Gasteiger charge is 2.33. The Morgan fingerprint density at radius 2 is 1.88 bits per heavy atom. The first-order valence-electron chi connectivity index (χ1n) is 11.6. The summed E-state index contributed by atoms with van der Waals surface area (Å²) in [4.78, 5) is 25.7. The van der Waals surface area contributed by atoms with Gasteiger partial charge in [-0.1, -0.05) is 42.5 Å². The second-order valence-corrected chi connectivity index (χ2v) is 7.88. The van der Waals surface area contributed by atoms with Gasteiger partial charge in [-0.15, -0.1) is 0 Å². The van der Waals surface area contributed by atoms with Crippen LogP contribution in [0, 0.1) is 0 Å². The van der Waals surface area contributed by atoms with Gasteiger partial charge in [-0.3, -0.25) is 9.59 Å². The van der Waals surface area contributed by atoms with Crippen LogP contribution in [0.2, 0.25) is 0 Å². The van der Waals surface area contributed by atoms with Crippen molar-refractivity contribution in [3.63, 3.8) is 0 Å². The number of hydrogen-bond donors (Lipinski definition) is 1. The highest BCUT2D eigenvalue weighted by molar-refractivity contribution is 5.95. The number of benzene rings is 2. The van der Waals surface area contributed by atoms with E-state index in [9.17, 15) is 9.59 Å². The molecule has 3 aromatic rings. The van der Waals surface area contributed by atoms with E-state index >= 15 is 0 Å². The predicted octanol–water partition coefficient (Wildman–Crippen LogP) is 5.55. The zero-order valence-corrected chi connectivity index (χ0v) is 18.2. The third-order valence-corrected chi connectivity index (χ3v) is 5.34. The minimum absolute atomic E-state index is 0.0312. The second kappa shape index (κ2) is 10.7. The molecular weight excluding hydrogens is 418 g/mol. The van der Waals surface area contributed by atoms with Crippen LogP contribution in [0.5, 0.6) is 5.75 Å². The Hall–Kier alpha value is -3.80. The summed E-state index contributed by atoms with van der Waals surface area (Å²) >= 11 is 0. The van der Waals surface area contributed by atoms with Gasteiger partial charge < -0.3 is 19.2 Å². The molecule has 1 N–H and O–H groups in total. The molecule has 1 aliphatic rings. The summed E-state index contributed by atoms with van der Waals surface area (Å²) in [6, 6.07) is 18.2. The van der Waals surface area contributed by atoms with Crippen LogP contribution in [0.15, 0.2) is 83.5 Å². The van der Waals surface area contributed by atoms with E-state index in [1.54, 1.807) is 41.5 Å². The van der Waals surface area contributed by atoms with Gasteiger partial charge in [0.1, 0.15) is 18.1 Å². The molecule has 1 unspecified atom stereocenters. The number of carboxylic acids is 1. The molecule has 0 saturated heterocycles. The summed E-state index contributed by atoms with van der Waals surface area (Å²) in [5, 5.41) is 8.71. The summed E-state index contributed by atoms with van der Waals surface area (Å²) in [6.07, 6.45) is 7.40. The van der Waals surface area contributed by atoms with E-state index in [0.717, 1.165) is 24.2 Å². The minimum atomic E-state index is -0.906. The van der Waals surface area contributed by atoms with Crippen LogP contribution in [-0.2, 0) is 11.3 Å². The number of aliphatic carboxylic acids is 1. The zero-order chi connectivity index (χ0) is 23.9. The maximum absolute atomic E-state index is 13.4. The van der Waals surface area contributed by atoms with Crippen LogP contribution in [0.3, 0.4) is 0 Å². The lowest BCUT2D eigenvalue weighted by molar-refractivity contribution is -0.136. The molecule has 0 spiro atoms. The smallest absolute Gasteiger partial charge is 0.303 e. The van der Waals surface area contributed by atoms with E-state index in [4.69, 9.17) is 15.6 Å². The Morgan fingerprint density at radius 1 is 1.09 bits per heavy atom. The van der Waals surface area contributed by atoms with Crippen molar-refractivity contribution >= 4 is 11.9 Å². The molecule has 0 aliphatic heterocycles. The van der Waals surface area contributed by atoms with E-state index < -0.39 is 12.5 Å². The molecule has 2 aromatic carbocycles. The first-order chi connectivity index (χ1) is 16.5. The van der Waals surface area contributed by atoms with Crippen molar-refractivity contribution in [2.24, 2.45) is 0 Å². The molecule has 1 amide bonds. The third-order valence-electron chi connectivity index (χ3n) is 5.34. The van der Waals surface area contributed by atoms with E-state index in [1.807, 2.05) is 42.5 Å². The molecule has 6 heteroatoms. The van der Waals surface area contributed by atoms with Crippen molar-refractivity contribution in [2.75, 3.05) is 6.61 Å². The molecule has 0 radical (unpaired) electrons. The van der Waals surface area contributed by atoms with Crippen molar-refractivity contribution in [3.05, 3.63) is 90.2 Å². The van der Waals surface area contributed by atoms with E-state index in [-0.39, 0.29) is 25.0 Å². The summed E-state index contributed by atoms with van der Waals surface area (Å²) in [5.41, 5.74) is 2.03. The normalized spacial score (nSPS) is 14.6. The topological polar surface area (TPSA) is 80.0 Å². The van der Waals surface area contributed by atoms with Crippen molar-refractivity contribution in [1.82, 2.24) is 4.90 Å². The fourth-order valence-corrected chi connectivity index (χ4v) is 3.45. The predicted molar refractivity (Wildman–Crippen MR) is 125 cm³/mol. The molecule has 1 aromatic heterocycles. The molecule has 1 heterocycles. The highest BCUT2D eigenvalue weighted by atomic mass is 16.5. The van der Waals surface area contributed by atoms with Gasteiger partial charge in [0.25, 0.3) is 5.91 Å². The number of allylic oxidation sites excluding steroid dienone is 1. The maximum atomic E-state index is 13.4. The van der Waals surface area contributed by atoms with Crippen molar-refractivity contribution in [3.8, 4) is 17.1 Å². The molecule has 6 nitrogen and oxygen atoms in total. The van der Waals surface area contributed by atoms with Crippen LogP contribution in [-0.4, -0.2) is 34.5 Å². The zero-order valence-electron chi connectivity index (χ0n) is 19.2. The number of carbonyl (C=O) groups excluding carboxylic acids is 1. The van der Waals surface area contributed by atoms with Gasteiger partial charge in [-0.25, -0.2) is 0 Å². The third kappa shape index (κ3) is 6.13. The number of nitrogens with zero attached hydrogens (tertiary/aromatic N) is 1. The number of ether oxygens (including phenoxy) is 1. The van der Waals surface area contributed by atoms with Crippen LogP contribution in [0.25, 0.3) is 11.3 Å². The fraction of sp³-hybridized carbons (Fsp3) is 0.259. The average molecular weight is 447 g/mol. The van der Waals surface area contributed by atoms with Gasteiger partial charge in [-0.2, -0.15) is 0 Å². The summed E-state index contributed by atoms with van der Waals surface area (Å²) in [7, 11) is 0. The van der Waals surface area contributed by atoms with E-state index in [1.165, 1.54) is 0 Å². The lowest BCUT2D eigenvalue weighted by Crippen LogP contribution is -2.32. The Kier molecular flexibility index (Phi) is 6.82. The molecule has 1 aliphatic carbocycles. The highest BCUT2D eigenvalue weighted by Crippen LogP contribution is 2.32. The first-order valence-corrected chi connectivity index (χ1v) is 11.0. The standard InChI is InChI=1S/C27H27NO5/c29-26(30)10-2-1-5-17-32-25-8-4-3-7-22(25)19-28(23-15-16-23)27(31)21-13-11-20(12-14-21)24-9-6-18-33-24/h1,3-9,11-14,18,23H,2,10,15-17,19H2,(H,29,30)/b5-1+/i19D. The van der Waals surface area contributed by atoms with Crippen molar-refractivity contribution < 1.29 is 25.2 Å². The molecule has 170 valence electrons. The van der Waals surface area contributed by atoms with Gasteiger partial charge in [0.15, 0.2) is 0 Å². The van der Waals surface area contributed by atoms with Crippen LogP contribution < -0.4 is 4.74 Å². The average Bonchev–Trinajstić information content (AvgIpc) is 3.52. The minimum Gasteiger partial charge on any atom is -0.489 e.